The second-order valence-electron chi connectivity index (χ2n) is 5.46. The van der Waals surface area contributed by atoms with E-state index in [-0.39, 0.29) is 12.4 Å². The van der Waals surface area contributed by atoms with Crippen LogP contribution in [0.4, 0.5) is 0 Å². The van der Waals surface area contributed by atoms with Crippen molar-refractivity contribution in [1.82, 2.24) is 0 Å². The van der Waals surface area contributed by atoms with Crippen LogP contribution in [-0.4, -0.2) is 17.5 Å². The van der Waals surface area contributed by atoms with Gasteiger partial charge in [0.15, 0.2) is 5.78 Å². The Balaban J connectivity index is 1.98. The lowest BCUT2D eigenvalue weighted by Gasteiger charge is -2.05. The molecule has 0 radical (unpaired) electrons. The summed E-state index contributed by atoms with van der Waals surface area (Å²) in [5.74, 6) is 0.0374. The van der Waals surface area contributed by atoms with Crippen LogP contribution in [0, 0.1) is 0 Å². The number of aryl methyl sites for hydroxylation is 1. The van der Waals surface area contributed by atoms with E-state index in [1.54, 1.807) is 0 Å². The predicted molar refractivity (Wildman–Crippen MR) is 88.8 cm³/mol. The molecule has 116 valence electrons. The molecule has 3 N–H and O–H groups in total. The Kier molecular flexibility index (Phi) is 6.31. The van der Waals surface area contributed by atoms with E-state index in [0.29, 0.717) is 17.7 Å². The summed E-state index contributed by atoms with van der Waals surface area (Å²) in [5.41, 5.74) is 9.21. The van der Waals surface area contributed by atoms with Crippen molar-refractivity contribution in [1.29, 1.82) is 0 Å². The molecular weight excluding hydrogens is 274 g/mol. The zero-order valence-corrected chi connectivity index (χ0v) is 12.8. The van der Waals surface area contributed by atoms with E-state index in [1.807, 2.05) is 48.5 Å². The smallest absolute Gasteiger partial charge is 0.193 e. The van der Waals surface area contributed by atoms with Crippen LogP contribution in [0.15, 0.2) is 48.5 Å². The van der Waals surface area contributed by atoms with Crippen LogP contribution >= 0.6 is 0 Å². The molecule has 0 amide bonds. The molecule has 0 fully saturated rings. The summed E-state index contributed by atoms with van der Waals surface area (Å²) in [6, 6.07) is 15.2. The van der Waals surface area contributed by atoms with E-state index in [9.17, 15) is 4.79 Å². The number of unbranched alkanes of at least 4 members (excludes halogenated alkanes) is 2. The summed E-state index contributed by atoms with van der Waals surface area (Å²) < 4.78 is 0. The van der Waals surface area contributed by atoms with E-state index >= 15 is 0 Å². The summed E-state index contributed by atoms with van der Waals surface area (Å²) in [6.07, 6.45) is 3.94. The van der Waals surface area contributed by atoms with Crippen LogP contribution < -0.4 is 5.73 Å². The summed E-state index contributed by atoms with van der Waals surface area (Å²) in [4.78, 5) is 12.4. The summed E-state index contributed by atoms with van der Waals surface area (Å²) >= 11 is 0. The Labute approximate surface area is 131 Å². The fourth-order valence-electron chi connectivity index (χ4n) is 2.40. The highest BCUT2D eigenvalue weighted by atomic mass is 16.2. The summed E-state index contributed by atoms with van der Waals surface area (Å²) in [6.45, 7) is 0.746. The maximum atomic E-state index is 12.4. The molecule has 0 aliphatic heterocycles. The molecule has 2 aromatic rings. The van der Waals surface area contributed by atoms with E-state index in [2.05, 4.69) is 0 Å². The molecule has 0 saturated heterocycles. The third-order valence-corrected chi connectivity index (χ3v) is 3.79. The van der Waals surface area contributed by atoms with Gasteiger partial charge in [-0.3, -0.25) is 4.79 Å². The minimum atomic E-state index is 0.0374. The van der Waals surface area contributed by atoms with Gasteiger partial charge in [-0.2, -0.15) is 0 Å². The maximum absolute atomic E-state index is 12.4. The molecule has 2 aromatic carbocycles. The molecule has 0 aromatic heterocycles. The molecule has 2 rings (SSSR count). The zero-order chi connectivity index (χ0) is 15.8. The van der Waals surface area contributed by atoms with Gasteiger partial charge in [0.1, 0.15) is 0 Å². The number of hydrogen-bond acceptors (Lipinski definition) is 3. The van der Waals surface area contributed by atoms with Crippen LogP contribution in [0.3, 0.4) is 0 Å². The zero-order valence-electron chi connectivity index (χ0n) is 12.8. The number of carbonyl (C=O) groups is 1. The Hall–Kier alpha value is -1.97. The van der Waals surface area contributed by atoms with Gasteiger partial charge >= 0.3 is 0 Å². The highest BCUT2D eigenvalue weighted by Gasteiger charge is 2.08. The Morgan fingerprint density at radius 1 is 0.818 bits per heavy atom. The van der Waals surface area contributed by atoms with Crippen molar-refractivity contribution in [2.75, 3.05) is 6.61 Å². The molecule has 3 nitrogen and oxygen atoms in total. The monoisotopic (exact) mass is 297 g/mol. The molecular formula is C19H23NO2. The van der Waals surface area contributed by atoms with E-state index in [4.69, 9.17) is 10.8 Å². The van der Waals surface area contributed by atoms with Gasteiger partial charge in [-0.25, -0.2) is 0 Å². The van der Waals surface area contributed by atoms with Crippen molar-refractivity contribution in [3.8, 4) is 0 Å². The van der Waals surface area contributed by atoms with Crippen LogP contribution in [0.5, 0.6) is 0 Å². The third-order valence-electron chi connectivity index (χ3n) is 3.79. The lowest BCUT2D eigenvalue weighted by molar-refractivity contribution is 0.103. The van der Waals surface area contributed by atoms with Crippen molar-refractivity contribution in [3.05, 3.63) is 70.8 Å². The van der Waals surface area contributed by atoms with E-state index in [1.165, 1.54) is 5.56 Å². The van der Waals surface area contributed by atoms with Crippen LogP contribution in [0.2, 0.25) is 0 Å². The molecule has 0 saturated carbocycles. The first-order valence-corrected chi connectivity index (χ1v) is 7.78. The van der Waals surface area contributed by atoms with E-state index in [0.717, 1.165) is 31.2 Å². The van der Waals surface area contributed by atoms with Crippen molar-refractivity contribution in [3.63, 3.8) is 0 Å². The van der Waals surface area contributed by atoms with Crippen molar-refractivity contribution in [2.24, 2.45) is 5.73 Å². The van der Waals surface area contributed by atoms with E-state index < -0.39 is 0 Å². The molecule has 0 unspecified atom stereocenters. The first kappa shape index (κ1) is 16.4. The number of hydrogen-bond donors (Lipinski definition) is 2. The normalized spacial score (nSPS) is 10.6. The number of benzene rings is 2. The van der Waals surface area contributed by atoms with Gasteiger partial charge < -0.3 is 10.8 Å². The predicted octanol–water partition coefficient (Wildman–Crippen LogP) is 3.08. The summed E-state index contributed by atoms with van der Waals surface area (Å²) in [7, 11) is 0. The second kappa shape index (κ2) is 8.47. The number of ketones is 1. The van der Waals surface area contributed by atoms with Crippen molar-refractivity contribution < 1.29 is 9.90 Å². The first-order chi connectivity index (χ1) is 10.7. The van der Waals surface area contributed by atoms with Gasteiger partial charge in [0.25, 0.3) is 0 Å². The largest absolute Gasteiger partial charge is 0.396 e. The third kappa shape index (κ3) is 4.52. The topological polar surface area (TPSA) is 63.3 Å². The molecule has 0 aliphatic rings. The summed E-state index contributed by atoms with van der Waals surface area (Å²) in [5, 5.41) is 8.76. The molecule has 3 heteroatoms. The molecule has 22 heavy (non-hydrogen) atoms. The van der Waals surface area contributed by atoms with Crippen LogP contribution in [0.25, 0.3) is 0 Å². The number of aliphatic hydroxyl groups is 1. The molecule has 0 aliphatic carbocycles. The second-order valence-corrected chi connectivity index (χ2v) is 5.46. The average molecular weight is 297 g/mol. The lowest BCUT2D eigenvalue weighted by Crippen LogP contribution is -2.03. The number of carbonyl (C=O) groups excluding carboxylic acids is 1. The molecule has 0 heterocycles. The minimum Gasteiger partial charge on any atom is -0.396 e. The Bertz CT molecular complexity index is 588. The van der Waals surface area contributed by atoms with Gasteiger partial charge in [-0.1, -0.05) is 55.0 Å². The van der Waals surface area contributed by atoms with Gasteiger partial charge in [0.05, 0.1) is 0 Å². The van der Waals surface area contributed by atoms with Crippen molar-refractivity contribution >= 4 is 5.78 Å². The number of nitrogens with two attached hydrogens (primary N) is 1. The highest BCUT2D eigenvalue weighted by Crippen LogP contribution is 2.14. The molecule has 0 bridgehead atoms. The minimum absolute atomic E-state index is 0.0374. The number of rotatable bonds is 8. The van der Waals surface area contributed by atoms with Crippen LogP contribution in [-0.2, 0) is 13.0 Å². The fourth-order valence-corrected chi connectivity index (χ4v) is 2.40. The van der Waals surface area contributed by atoms with Gasteiger partial charge in [-0.05, 0) is 30.4 Å². The van der Waals surface area contributed by atoms with Gasteiger partial charge in [-0.15, -0.1) is 0 Å². The molecule has 0 atom stereocenters. The quantitative estimate of drug-likeness (QED) is 0.581. The first-order valence-electron chi connectivity index (χ1n) is 7.78. The lowest BCUT2D eigenvalue weighted by atomic mass is 9.99. The maximum Gasteiger partial charge on any atom is 0.193 e. The van der Waals surface area contributed by atoms with Gasteiger partial charge in [0.2, 0.25) is 0 Å². The van der Waals surface area contributed by atoms with Gasteiger partial charge in [0, 0.05) is 24.3 Å². The Morgan fingerprint density at radius 3 is 1.86 bits per heavy atom. The SMILES string of the molecule is NCc1ccc(C(=O)c2ccc(CCCCCO)cc2)cc1. The highest BCUT2D eigenvalue weighted by molar-refractivity contribution is 6.08. The van der Waals surface area contributed by atoms with Crippen molar-refractivity contribution in [2.45, 2.75) is 32.2 Å². The Morgan fingerprint density at radius 2 is 1.36 bits per heavy atom. The van der Waals surface area contributed by atoms with Crippen LogP contribution in [0.1, 0.15) is 46.3 Å². The number of aliphatic hydroxyl groups excluding tert-OH is 1. The average Bonchev–Trinajstić information content (AvgIpc) is 2.59. The standard InChI is InChI=1S/C19H23NO2/c20-14-16-7-11-18(12-8-16)19(22)17-9-5-15(6-10-17)4-2-1-3-13-21/h5-12,21H,1-4,13-14,20H2. The molecule has 0 spiro atoms. The fraction of sp³-hybridized carbons (Fsp3) is 0.316.